The van der Waals surface area contributed by atoms with E-state index in [4.69, 9.17) is 38.5 Å². The summed E-state index contributed by atoms with van der Waals surface area (Å²) in [6, 6.07) is 1.53. The summed E-state index contributed by atoms with van der Waals surface area (Å²) in [5.41, 5.74) is 2.12. The highest BCUT2D eigenvalue weighted by molar-refractivity contribution is 6.36. The van der Waals surface area contributed by atoms with Crippen LogP contribution < -0.4 is 16.0 Å². The van der Waals surface area contributed by atoms with Crippen LogP contribution in [-0.2, 0) is 4.74 Å². The molecule has 0 aliphatic carbocycles. The number of methoxy groups -OCH3 is 1. The summed E-state index contributed by atoms with van der Waals surface area (Å²) in [6.07, 6.45) is 0.704. The largest absolute Gasteiger partial charge is 0.476 e. The van der Waals surface area contributed by atoms with Crippen LogP contribution in [0.1, 0.15) is 20.3 Å². The number of nitrogen functional groups attached to an aromatic ring is 1. The molecule has 1 heterocycles. The molecule has 18 heavy (non-hydrogen) atoms. The normalized spacial score (nSPS) is 11.4. The SMILES string of the molecule is COC(C)(C)CCOc1nc(NN)c(Cl)cc1Cl. The van der Waals surface area contributed by atoms with Crippen LogP contribution in [0.5, 0.6) is 5.88 Å². The Labute approximate surface area is 117 Å². The number of halogens is 2. The van der Waals surface area contributed by atoms with Gasteiger partial charge in [-0.3, -0.25) is 0 Å². The summed E-state index contributed by atoms with van der Waals surface area (Å²) in [6.45, 7) is 4.37. The molecule has 0 unspecified atom stereocenters. The zero-order chi connectivity index (χ0) is 13.8. The lowest BCUT2D eigenvalue weighted by Crippen LogP contribution is -2.25. The Morgan fingerprint density at radius 2 is 2.06 bits per heavy atom. The monoisotopic (exact) mass is 293 g/mol. The van der Waals surface area contributed by atoms with Crippen molar-refractivity contribution in [3.63, 3.8) is 0 Å². The minimum atomic E-state index is -0.256. The number of hydrazine groups is 1. The molecule has 0 fully saturated rings. The summed E-state index contributed by atoms with van der Waals surface area (Å²) >= 11 is 11.8. The Morgan fingerprint density at radius 3 is 2.61 bits per heavy atom. The Balaban J connectivity index is 2.68. The van der Waals surface area contributed by atoms with Crippen molar-refractivity contribution in [3.05, 3.63) is 16.1 Å². The molecular formula is C11H17Cl2N3O2. The lowest BCUT2D eigenvalue weighted by Gasteiger charge is -2.22. The number of aromatic nitrogens is 1. The van der Waals surface area contributed by atoms with Crippen LogP contribution in [0, 0.1) is 0 Å². The second-order valence-corrected chi connectivity index (χ2v) is 5.13. The highest BCUT2D eigenvalue weighted by Gasteiger charge is 2.17. The number of rotatable bonds is 6. The third-order valence-electron chi connectivity index (χ3n) is 2.53. The molecule has 0 radical (unpaired) electrons. The van der Waals surface area contributed by atoms with E-state index in [1.54, 1.807) is 7.11 Å². The predicted molar refractivity (Wildman–Crippen MR) is 73.3 cm³/mol. The van der Waals surface area contributed by atoms with E-state index < -0.39 is 0 Å². The lowest BCUT2D eigenvalue weighted by atomic mass is 10.1. The van der Waals surface area contributed by atoms with Gasteiger partial charge in [-0.15, -0.1) is 0 Å². The average Bonchev–Trinajstić information content (AvgIpc) is 2.32. The first-order chi connectivity index (χ1) is 8.39. The maximum Gasteiger partial charge on any atom is 0.234 e. The van der Waals surface area contributed by atoms with E-state index in [9.17, 15) is 0 Å². The van der Waals surface area contributed by atoms with Crippen molar-refractivity contribution in [2.45, 2.75) is 25.9 Å². The minimum Gasteiger partial charge on any atom is -0.476 e. The lowest BCUT2D eigenvalue weighted by molar-refractivity contribution is 0.00511. The quantitative estimate of drug-likeness (QED) is 0.623. The molecule has 0 saturated heterocycles. The van der Waals surface area contributed by atoms with Crippen molar-refractivity contribution < 1.29 is 9.47 Å². The zero-order valence-electron chi connectivity index (χ0n) is 10.6. The molecule has 0 amide bonds. The Hall–Kier alpha value is -0.750. The fourth-order valence-corrected chi connectivity index (χ4v) is 1.62. The third kappa shape index (κ3) is 4.17. The molecule has 1 aromatic heterocycles. The second-order valence-electron chi connectivity index (χ2n) is 4.31. The van der Waals surface area contributed by atoms with Gasteiger partial charge < -0.3 is 14.9 Å². The molecule has 0 aliphatic heterocycles. The van der Waals surface area contributed by atoms with Crippen LogP contribution >= 0.6 is 23.2 Å². The van der Waals surface area contributed by atoms with Gasteiger partial charge in [0.2, 0.25) is 5.88 Å². The number of hydrogen-bond donors (Lipinski definition) is 2. The standard InChI is InChI=1S/C11H17Cl2N3O2/c1-11(2,17-3)4-5-18-10-8(13)6-7(12)9(15-10)16-14/h6H,4-5,14H2,1-3H3,(H,15,16). The molecule has 0 atom stereocenters. The first-order valence-electron chi connectivity index (χ1n) is 5.40. The van der Waals surface area contributed by atoms with Crippen LogP contribution in [-0.4, -0.2) is 24.3 Å². The second kappa shape index (κ2) is 6.43. The highest BCUT2D eigenvalue weighted by atomic mass is 35.5. The van der Waals surface area contributed by atoms with Gasteiger partial charge >= 0.3 is 0 Å². The highest BCUT2D eigenvalue weighted by Crippen LogP contribution is 2.30. The van der Waals surface area contributed by atoms with E-state index in [1.165, 1.54) is 6.07 Å². The van der Waals surface area contributed by atoms with Crippen molar-refractivity contribution in [1.82, 2.24) is 4.98 Å². The summed E-state index contributed by atoms with van der Waals surface area (Å²) in [4.78, 5) is 4.07. The van der Waals surface area contributed by atoms with Crippen molar-refractivity contribution >= 4 is 29.0 Å². The van der Waals surface area contributed by atoms with Gasteiger partial charge in [-0.2, -0.15) is 4.98 Å². The fourth-order valence-electron chi connectivity index (χ4n) is 1.15. The molecule has 5 nitrogen and oxygen atoms in total. The van der Waals surface area contributed by atoms with Crippen LogP contribution in [0.25, 0.3) is 0 Å². The number of nitrogens with zero attached hydrogens (tertiary/aromatic N) is 1. The summed E-state index contributed by atoms with van der Waals surface area (Å²) < 4.78 is 10.8. The van der Waals surface area contributed by atoms with Crippen molar-refractivity contribution in [2.24, 2.45) is 5.84 Å². The van der Waals surface area contributed by atoms with Gasteiger partial charge in [0, 0.05) is 13.5 Å². The maximum atomic E-state index is 5.97. The molecule has 1 aromatic rings. The molecule has 0 spiro atoms. The van der Waals surface area contributed by atoms with E-state index in [0.717, 1.165) is 0 Å². The van der Waals surface area contributed by atoms with E-state index >= 15 is 0 Å². The molecule has 102 valence electrons. The van der Waals surface area contributed by atoms with Crippen LogP contribution in [0.3, 0.4) is 0 Å². The van der Waals surface area contributed by atoms with Gasteiger partial charge in [-0.25, -0.2) is 5.84 Å². The van der Waals surface area contributed by atoms with Crippen LogP contribution in [0.15, 0.2) is 6.07 Å². The number of anilines is 1. The molecule has 0 aromatic carbocycles. The number of nitrogens with one attached hydrogen (secondary N) is 1. The van der Waals surface area contributed by atoms with Crippen molar-refractivity contribution in [2.75, 3.05) is 19.1 Å². The first-order valence-corrected chi connectivity index (χ1v) is 6.16. The number of pyridine rings is 1. The smallest absolute Gasteiger partial charge is 0.234 e. The van der Waals surface area contributed by atoms with Gasteiger partial charge in [0.25, 0.3) is 0 Å². The molecule has 3 N–H and O–H groups in total. The molecule has 0 saturated carbocycles. The number of hydrogen-bond acceptors (Lipinski definition) is 5. The molecule has 1 rings (SSSR count). The third-order valence-corrected chi connectivity index (χ3v) is 3.09. The Morgan fingerprint density at radius 1 is 1.39 bits per heavy atom. The molecular weight excluding hydrogens is 277 g/mol. The van der Waals surface area contributed by atoms with Gasteiger partial charge in [0.15, 0.2) is 5.82 Å². The van der Waals surface area contributed by atoms with Crippen LogP contribution in [0.2, 0.25) is 10.0 Å². The van der Waals surface area contributed by atoms with E-state index in [0.29, 0.717) is 34.8 Å². The predicted octanol–water partition coefficient (Wildman–Crippen LogP) is 2.87. The number of ether oxygens (including phenoxy) is 2. The van der Waals surface area contributed by atoms with Crippen molar-refractivity contribution in [1.29, 1.82) is 0 Å². The van der Waals surface area contributed by atoms with E-state index in [1.807, 2.05) is 13.8 Å². The van der Waals surface area contributed by atoms with Gasteiger partial charge in [0.1, 0.15) is 5.02 Å². The number of nitrogens with two attached hydrogens (primary N) is 1. The summed E-state index contributed by atoms with van der Waals surface area (Å²) in [5, 5.41) is 0.682. The van der Waals surface area contributed by atoms with E-state index in [-0.39, 0.29) is 5.60 Å². The molecule has 7 heteroatoms. The van der Waals surface area contributed by atoms with E-state index in [2.05, 4.69) is 10.4 Å². The van der Waals surface area contributed by atoms with Gasteiger partial charge in [-0.1, -0.05) is 23.2 Å². The maximum absolute atomic E-state index is 5.97. The summed E-state index contributed by atoms with van der Waals surface area (Å²) in [7, 11) is 1.66. The van der Waals surface area contributed by atoms with Gasteiger partial charge in [-0.05, 0) is 19.9 Å². The zero-order valence-corrected chi connectivity index (χ0v) is 12.1. The minimum absolute atomic E-state index is 0.256. The topological polar surface area (TPSA) is 69.4 Å². The Bertz CT molecular complexity index is 414. The van der Waals surface area contributed by atoms with Gasteiger partial charge in [0.05, 0.1) is 17.2 Å². The van der Waals surface area contributed by atoms with Crippen LogP contribution in [0.4, 0.5) is 5.82 Å². The average molecular weight is 294 g/mol. The Kier molecular flexibility index (Phi) is 5.47. The first kappa shape index (κ1) is 15.3. The van der Waals surface area contributed by atoms with Crippen molar-refractivity contribution in [3.8, 4) is 5.88 Å². The summed E-state index contributed by atoms with van der Waals surface area (Å²) in [5.74, 6) is 5.89. The fraction of sp³-hybridized carbons (Fsp3) is 0.545. The molecule has 0 aliphatic rings. The molecule has 0 bridgehead atoms.